The molecule has 0 heterocycles. The van der Waals surface area contributed by atoms with Crippen molar-refractivity contribution in [2.45, 2.75) is 4.90 Å². The van der Waals surface area contributed by atoms with Gasteiger partial charge in [0.2, 0.25) is 5.91 Å². The lowest BCUT2D eigenvalue weighted by molar-refractivity contribution is -0.113. The van der Waals surface area contributed by atoms with Crippen LogP contribution in [-0.2, 0) is 4.79 Å². The third-order valence-electron chi connectivity index (χ3n) is 3.86. The smallest absolute Gasteiger partial charge is 0.257 e. The van der Waals surface area contributed by atoms with Crippen LogP contribution < -0.4 is 10.6 Å². The van der Waals surface area contributed by atoms with E-state index in [1.807, 2.05) is 12.1 Å². The molecule has 0 saturated carbocycles. The predicted octanol–water partition coefficient (Wildman–Crippen LogP) is 7.28. The fourth-order valence-corrected chi connectivity index (χ4v) is 3.92. The fourth-order valence-electron chi connectivity index (χ4n) is 2.43. The molecule has 0 radical (unpaired) electrons. The lowest BCUT2D eigenvalue weighted by atomic mass is 10.2. The monoisotopic (exact) mass is 498 g/mol. The first-order valence-corrected chi connectivity index (χ1v) is 11.1. The molecule has 0 saturated heterocycles. The molecule has 2 amide bonds. The van der Waals surface area contributed by atoms with Crippen molar-refractivity contribution >= 4 is 81.4 Å². The van der Waals surface area contributed by atoms with Gasteiger partial charge in [0.1, 0.15) is 0 Å². The zero-order valence-corrected chi connectivity index (χ0v) is 19.1. The van der Waals surface area contributed by atoms with Gasteiger partial charge in [-0.2, -0.15) is 0 Å². The van der Waals surface area contributed by atoms with Gasteiger partial charge >= 0.3 is 0 Å². The second-order valence-corrected chi connectivity index (χ2v) is 8.78. The van der Waals surface area contributed by atoms with E-state index < -0.39 is 0 Å². The summed E-state index contributed by atoms with van der Waals surface area (Å²) in [5.74, 6) is -0.294. The Labute approximate surface area is 197 Å². The molecule has 4 nitrogen and oxygen atoms in total. The minimum atomic E-state index is -0.335. The predicted molar refractivity (Wildman–Crippen MR) is 127 cm³/mol. The first-order chi connectivity index (χ1) is 14.3. The van der Waals surface area contributed by atoms with Gasteiger partial charge in [-0.1, -0.05) is 46.4 Å². The number of carbonyl (C=O) groups excluding carboxylic acids is 2. The first-order valence-electron chi connectivity index (χ1n) is 8.56. The van der Waals surface area contributed by atoms with Crippen LogP contribution in [0.15, 0.2) is 65.6 Å². The Morgan fingerprint density at radius 1 is 0.733 bits per heavy atom. The third-order valence-corrected chi connectivity index (χ3v) is 6.16. The molecule has 3 rings (SSSR count). The van der Waals surface area contributed by atoms with E-state index in [1.54, 1.807) is 42.5 Å². The summed E-state index contributed by atoms with van der Waals surface area (Å²) in [6.45, 7) is 0. The van der Waals surface area contributed by atoms with Crippen molar-refractivity contribution in [1.82, 2.24) is 0 Å². The molecule has 0 unspecified atom stereocenters. The van der Waals surface area contributed by atoms with E-state index in [0.717, 1.165) is 4.90 Å². The summed E-state index contributed by atoms with van der Waals surface area (Å²) >= 11 is 25.1. The van der Waals surface area contributed by atoms with Crippen molar-refractivity contribution in [3.05, 3.63) is 86.3 Å². The highest BCUT2D eigenvalue weighted by Crippen LogP contribution is 2.26. The molecule has 0 atom stereocenters. The number of hydrogen-bond acceptors (Lipinski definition) is 3. The minimum absolute atomic E-state index is 0.173. The van der Waals surface area contributed by atoms with Crippen LogP contribution in [-0.4, -0.2) is 17.6 Å². The van der Waals surface area contributed by atoms with Crippen LogP contribution in [0.1, 0.15) is 10.4 Å². The van der Waals surface area contributed by atoms with E-state index in [9.17, 15) is 9.59 Å². The number of benzene rings is 3. The van der Waals surface area contributed by atoms with E-state index in [2.05, 4.69) is 10.6 Å². The number of hydrogen-bond donors (Lipinski definition) is 2. The summed E-state index contributed by atoms with van der Waals surface area (Å²) in [5.41, 5.74) is 1.52. The fraction of sp³-hybridized carbons (Fsp3) is 0.0476. The summed E-state index contributed by atoms with van der Waals surface area (Å²) in [6, 6.07) is 16.7. The average Bonchev–Trinajstić information content (AvgIpc) is 2.70. The van der Waals surface area contributed by atoms with E-state index in [1.165, 1.54) is 17.8 Å². The molecule has 0 aromatic heterocycles. The van der Waals surface area contributed by atoms with Crippen LogP contribution in [0.4, 0.5) is 11.4 Å². The summed E-state index contributed by atoms with van der Waals surface area (Å²) in [5, 5.41) is 7.08. The van der Waals surface area contributed by atoms with E-state index in [0.29, 0.717) is 32.0 Å². The van der Waals surface area contributed by atoms with Gasteiger partial charge in [-0.3, -0.25) is 9.59 Å². The average molecular weight is 500 g/mol. The largest absolute Gasteiger partial charge is 0.325 e. The number of thioether (sulfide) groups is 1. The number of carbonyl (C=O) groups is 2. The molecule has 0 aliphatic rings. The Morgan fingerprint density at radius 3 is 2.10 bits per heavy atom. The molecule has 0 fully saturated rings. The maximum atomic E-state index is 12.4. The van der Waals surface area contributed by atoms with E-state index in [4.69, 9.17) is 46.4 Å². The lowest BCUT2D eigenvalue weighted by Gasteiger charge is -2.09. The zero-order chi connectivity index (χ0) is 21.7. The number of halogens is 4. The number of amides is 2. The topological polar surface area (TPSA) is 58.2 Å². The van der Waals surface area contributed by atoms with Gasteiger partial charge in [0.15, 0.2) is 0 Å². The molecule has 3 aromatic carbocycles. The first kappa shape index (κ1) is 22.8. The standard InChI is InChI=1S/C21H14Cl4N2O2S/c22-12-1-7-16(18(24)9-12)21(29)27-13-2-5-15(6-3-13)30-11-20(28)26-14-4-8-17(23)19(25)10-14/h1-10H,11H2,(H,26,28)(H,27,29). The Kier molecular flexibility index (Phi) is 7.92. The van der Waals surface area contributed by atoms with Gasteiger partial charge in [0.05, 0.1) is 26.4 Å². The molecule has 154 valence electrons. The van der Waals surface area contributed by atoms with Crippen molar-refractivity contribution in [2.75, 3.05) is 16.4 Å². The van der Waals surface area contributed by atoms with Gasteiger partial charge in [-0.15, -0.1) is 11.8 Å². The van der Waals surface area contributed by atoms with Gasteiger partial charge in [-0.25, -0.2) is 0 Å². The molecule has 0 spiro atoms. The maximum absolute atomic E-state index is 12.4. The molecule has 3 aromatic rings. The third kappa shape index (κ3) is 6.30. The summed E-state index contributed by atoms with van der Waals surface area (Å²) in [7, 11) is 0. The molecule has 30 heavy (non-hydrogen) atoms. The normalized spacial score (nSPS) is 10.5. The molecule has 0 aliphatic carbocycles. The van der Waals surface area contributed by atoms with Gasteiger partial charge in [0.25, 0.3) is 5.91 Å². The van der Waals surface area contributed by atoms with Crippen molar-refractivity contribution in [3.63, 3.8) is 0 Å². The number of rotatable bonds is 6. The van der Waals surface area contributed by atoms with Crippen LogP contribution in [0.25, 0.3) is 0 Å². The summed E-state index contributed by atoms with van der Waals surface area (Å²) in [6.07, 6.45) is 0. The second-order valence-electron chi connectivity index (χ2n) is 6.07. The highest BCUT2D eigenvalue weighted by molar-refractivity contribution is 8.00. The van der Waals surface area contributed by atoms with Crippen LogP contribution in [0, 0.1) is 0 Å². The van der Waals surface area contributed by atoms with Crippen LogP contribution in [0.5, 0.6) is 0 Å². The van der Waals surface area contributed by atoms with E-state index >= 15 is 0 Å². The minimum Gasteiger partial charge on any atom is -0.325 e. The second kappa shape index (κ2) is 10.4. The zero-order valence-electron chi connectivity index (χ0n) is 15.2. The Hall–Kier alpha value is -1.89. The molecular formula is C21H14Cl4N2O2S. The van der Waals surface area contributed by atoms with Crippen LogP contribution >= 0.6 is 58.2 Å². The maximum Gasteiger partial charge on any atom is 0.257 e. The van der Waals surface area contributed by atoms with Gasteiger partial charge < -0.3 is 10.6 Å². The van der Waals surface area contributed by atoms with Crippen molar-refractivity contribution in [2.24, 2.45) is 0 Å². The van der Waals surface area contributed by atoms with E-state index in [-0.39, 0.29) is 22.6 Å². The van der Waals surface area contributed by atoms with Gasteiger partial charge in [-0.05, 0) is 60.7 Å². The van der Waals surface area contributed by atoms with Crippen molar-refractivity contribution in [1.29, 1.82) is 0 Å². The van der Waals surface area contributed by atoms with Gasteiger partial charge in [0, 0.05) is 21.3 Å². The quantitative estimate of drug-likeness (QED) is 0.350. The van der Waals surface area contributed by atoms with Crippen molar-refractivity contribution < 1.29 is 9.59 Å². The molecule has 9 heteroatoms. The molecule has 2 N–H and O–H groups in total. The summed E-state index contributed by atoms with van der Waals surface area (Å²) in [4.78, 5) is 25.3. The molecule has 0 aliphatic heterocycles. The highest BCUT2D eigenvalue weighted by atomic mass is 35.5. The van der Waals surface area contributed by atoms with Crippen LogP contribution in [0.3, 0.4) is 0 Å². The summed E-state index contributed by atoms with van der Waals surface area (Å²) < 4.78 is 0. The highest BCUT2D eigenvalue weighted by Gasteiger charge is 2.11. The SMILES string of the molecule is O=C(CSc1ccc(NC(=O)c2ccc(Cl)cc2Cl)cc1)Nc1ccc(Cl)c(Cl)c1. The van der Waals surface area contributed by atoms with Crippen molar-refractivity contribution in [3.8, 4) is 0 Å². The Morgan fingerprint density at radius 2 is 1.43 bits per heavy atom. The Bertz CT molecular complexity index is 1090. The number of anilines is 2. The molecule has 0 bridgehead atoms. The van der Waals surface area contributed by atoms with Crippen LogP contribution in [0.2, 0.25) is 20.1 Å². The molecular weight excluding hydrogens is 486 g/mol. The number of nitrogens with one attached hydrogen (secondary N) is 2. The Balaban J connectivity index is 1.53. The lowest BCUT2D eigenvalue weighted by Crippen LogP contribution is -2.14.